The number of benzene rings is 1. The number of amides is 1. The van der Waals surface area contributed by atoms with E-state index in [0.717, 1.165) is 22.3 Å². The van der Waals surface area contributed by atoms with Crippen molar-refractivity contribution in [1.82, 2.24) is 14.5 Å². The van der Waals surface area contributed by atoms with E-state index in [1.165, 1.54) is 0 Å². The highest BCUT2D eigenvalue weighted by atomic mass is 16.5. The Morgan fingerprint density at radius 2 is 2.17 bits per heavy atom. The van der Waals surface area contributed by atoms with Crippen LogP contribution in [0.2, 0.25) is 0 Å². The summed E-state index contributed by atoms with van der Waals surface area (Å²) < 4.78 is 6.87. The number of pyridine rings is 1. The second kappa shape index (κ2) is 6.08. The summed E-state index contributed by atoms with van der Waals surface area (Å²) >= 11 is 0. The molecule has 3 aromatic rings. The van der Waals surface area contributed by atoms with Crippen LogP contribution in [-0.2, 0) is 11.8 Å². The fraction of sp³-hybridized carbons (Fsp3) is 0.235. The van der Waals surface area contributed by atoms with Gasteiger partial charge in [0, 0.05) is 24.8 Å². The van der Waals surface area contributed by atoms with E-state index in [4.69, 9.17) is 4.74 Å². The Balaban J connectivity index is 2.15. The van der Waals surface area contributed by atoms with Crippen LogP contribution in [0.25, 0.3) is 22.4 Å². The van der Waals surface area contributed by atoms with Crippen molar-refractivity contribution in [3.05, 3.63) is 42.2 Å². The number of anilines is 1. The average Bonchev–Trinajstić information content (AvgIpc) is 2.94. The standard InChI is InChI=1S/C17H18N4O2/c1-4-23-17(22)20-14-10-15(16-18-7-8-21(16)3)19-13-6-5-11(2)9-12(13)14/h5-10H,4H2,1-3H3,(H,19,20,22). The first kappa shape index (κ1) is 15.0. The number of nitrogens with zero attached hydrogens (tertiary/aromatic N) is 3. The van der Waals surface area contributed by atoms with E-state index in [2.05, 4.69) is 15.3 Å². The SMILES string of the molecule is CCOC(=O)Nc1cc(-c2nccn2C)nc2ccc(C)cc12. The molecule has 0 aliphatic heterocycles. The van der Waals surface area contributed by atoms with Crippen molar-refractivity contribution >= 4 is 22.7 Å². The number of rotatable bonds is 3. The normalized spacial score (nSPS) is 10.7. The van der Waals surface area contributed by atoms with Crippen molar-refractivity contribution in [3.8, 4) is 11.5 Å². The molecule has 0 atom stereocenters. The van der Waals surface area contributed by atoms with E-state index in [9.17, 15) is 4.79 Å². The van der Waals surface area contributed by atoms with Crippen molar-refractivity contribution < 1.29 is 9.53 Å². The van der Waals surface area contributed by atoms with Crippen molar-refractivity contribution in [2.45, 2.75) is 13.8 Å². The summed E-state index contributed by atoms with van der Waals surface area (Å²) in [5.74, 6) is 0.736. The van der Waals surface area contributed by atoms with Crippen LogP contribution in [0.4, 0.5) is 10.5 Å². The smallest absolute Gasteiger partial charge is 0.411 e. The summed E-state index contributed by atoms with van der Waals surface area (Å²) in [5.41, 5.74) is 3.25. The van der Waals surface area contributed by atoms with Crippen molar-refractivity contribution in [2.24, 2.45) is 7.05 Å². The van der Waals surface area contributed by atoms with Gasteiger partial charge in [-0.05, 0) is 32.0 Å². The average molecular weight is 310 g/mol. The predicted octanol–water partition coefficient (Wildman–Crippen LogP) is 3.51. The van der Waals surface area contributed by atoms with E-state index in [1.807, 2.05) is 49.0 Å². The maximum atomic E-state index is 11.8. The Morgan fingerprint density at radius 1 is 1.35 bits per heavy atom. The number of carbonyl (C=O) groups excluding carboxylic acids is 1. The number of aromatic nitrogens is 3. The molecule has 6 heteroatoms. The van der Waals surface area contributed by atoms with Gasteiger partial charge in [0.15, 0.2) is 5.82 Å². The van der Waals surface area contributed by atoms with E-state index in [1.54, 1.807) is 13.1 Å². The van der Waals surface area contributed by atoms with Crippen LogP contribution in [0.5, 0.6) is 0 Å². The Bertz CT molecular complexity index is 870. The molecule has 3 rings (SSSR count). The van der Waals surface area contributed by atoms with Crippen LogP contribution in [0.1, 0.15) is 12.5 Å². The molecule has 6 nitrogen and oxygen atoms in total. The second-order valence-corrected chi connectivity index (χ2v) is 5.28. The second-order valence-electron chi connectivity index (χ2n) is 5.28. The van der Waals surface area contributed by atoms with Crippen LogP contribution >= 0.6 is 0 Å². The quantitative estimate of drug-likeness (QED) is 0.803. The minimum absolute atomic E-state index is 0.320. The predicted molar refractivity (Wildman–Crippen MR) is 89.3 cm³/mol. The number of fused-ring (bicyclic) bond motifs is 1. The Hall–Kier alpha value is -2.89. The summed E-state index contributed by atoms with van der Waals surface area (Å²) in [6.45, 7) is 4.09. The molecule has 0 saturated heterocycles. The fourth-order valence-electron chi connectivity index (χ4n) is 2.45. The first-order chi connectivity index (χ1) is 11.1. The zero-order valence-electron chi connectivity index (χ0n) is 13.3. The molecule has 0 aliphatic carbocycles. The van der Waals surface area contributed by atoms with E-state index >= 15 is 0 Å². The number of hydrogen-bond acceptors (Lipinski definition) is 4. The lowest BCUT2D eigenvalue weighted by atomic mass is 10.1. The number of nitrogens with one attached hydrogen (secondary N) is 1. The minimum atomic E-state index is -0.479. The molecule has 1 amide bonds. The van der Waals surface area contributed by atoms with Gasteiger partial charge in [0.25, 0.3) is 0 Å². The third kappa shape index (κ3) is 3.01. The van der Waals surface area contributed by atoms with Crippen LogP contribution in [0, 0.1) is 6.92 Å². The third-order valence-electron chi connectivity index (χ3n) is 3.53. The van der Waals surface area contributed by atoms with Gasteiger partial charge in [0.2, 0.25) is 0 Å². The molecule has 0 saturated carbocycles. The van der Waals surface area contributed by atoms with Crippen LogP contribution in [-0.4, -0.2) is 27.2 Å². The first-order valence-corrected chi connectivity index (χ1v) is 7.41. The minimum Gasteiger partial charge on any atom is -0.450 e. The van der Waals surface area contributed by atoms with Crippen LogP contribution in [0.3, 0.4) is 0 Å². The molecule has 1 N–H and O–H groups in total. The van der Waals surface area contributed by atoms with Gasteiger partial charge in [-0.25, -0.2) is 14.8 Å². The zero-order valence-corrected chi connectivity index (χ0v) is 13.3. The van der Waals surface area contributed by atoms with Crippen LogP contribution < -0.4 is 5.32 Å². The molecule has 1 aromatic carbocycles. The highest BCUT2D eigenvalue weighted by Crippen LogP contribution is 2.28. The maximum absolute atomic E-state index is 11.8. The lowest BCUT2D eigenvalue weighted by Gasteiger charge is -2.11. The number of aryl methyl sites for hydroxylation is 2. The molecule has 0 bridgehead atoms. The highest BCUT2D eigenvalue weighted by Gasteiger charge is 2.13. The summed E-state index contributed by atoms with van der Waals surface area (Å²) in [5, 5.41) is 3.67. The Kier molecular flexibility index (Phi) is 3.97. The zero-order chi connectivity index (χ0) is 16.4. The van der Waals surface area contributed by atoms with Crippen molar-refractivity contribution in [3.63, 3.8) is 0 Å². The first-order valence-electron chi connectivity index (χ1n) is 7.41. The molecular weight excluding hydrogens is 292 g/mol. The third-order valence-corrected chi connectivity index (χ3v) is 3.53. The molecule has 0 aliphatic rings. The van der Waals surface area contributed by atoms with Gasteiger partial charge in [-0.15, -0.1) is 0 Å². The molecule has 0 fully saturated rings. The molecule has 2 aromatic heterocycles. The number of carbonyl (C=O) groups is 1. The monoisotopic (exact) mass is 310 g/mol. The van der Waals surface area contributed by atoms with Gasteiger partial charge in [0.05, 0.1) is 17.8 Å². The number of imidazole rings is 1. The van der Waals surface area contributed by atoms with E-state index in [-0.39, 0.29) is 0 Å². The van der Waals surface area contributed by atoms with E-state index in [0.29, 0.717) is 18.0 Å². The lowest BCUT2D eigenvalue weighted by molar-refractivity contribution is 0.168. The largest absolute Gasteiger partial charge is 0.450 e. The Morgan fingerprint density at radius 3 is 2.87 bits per heavy atom. The van der Waals surface area contributed by atoms with Gasteiger partial charge < -0.3 is 9.30 Å². The van der Waals surface area contributed by atoms with Crippen LogP contribution in [0.15, 0.2) is 36.7 Å². The summed E-state index contributed by atoms with van der Waals surface area (Å²) in [4.78, 5) is 20.8. The lowest BCUT2D eigenvalue weighted by Crippen LogP contribution is -2.14. The molecular formula is C17H18N4O2. The Labute approximate surface area is 134 Å². The molecule has 118 valence electrons. The molecule has 2 heterocycles. The topological polar surface area (TPSA) is 69.0 Å². The molecule has 23 heavy (non-hydrogen) atoms. The number of hydrogen-bond donors (Lipinski definition) is 1. The molecule has 0 radical (unpaired) electrons. The number of ether oxygens (including phenoxy) is 1. The van der Waals surface area contributed by atoms with Crippen molar-refractivity contribution in [2.75, 3.05) is 11.9 Å². The van der Waals surface area contributed by atoms with E-state index < -0.39 is 6.09 Å². The molecule has 0 spiro atoms. The maximum Gasteiger partial charge on any atom is 0.411 e. The van der Waals surface area contributed by atoms with Gasteiger partial charge in [-0.1, -0.05) is 11.6 Å². The summed E-state index contributed by atoms with van der Waals surface area (Å²) in [6, 6.07) is 7.74. The van der Waals surface area contributed by atoms with Crippen molar-refractivity contribution in [1.29, 1.82) is 0 Å². The molecule has 0 unspecified atom stereocenters. The van der Waals surface area contributed by atoms with Gasteiger partial charge in [0.1, 0.15) is 5.69 Å². The van der Waals surface area contributed by atoms with Gasteiger partial charge in [-0.2, -0.15) is 0 Å². The fourth-order valence-corrected chi connectivity index (χ4v) is 2.45. The van der Waals surface area contributed by atoms with Gasteiger partial charge >= 0.3 is 6.09 Å². The summed E-state index contributed by atoms with van der Waals surface area (Å²) in [6.07, 6.45) is 3.09. The highest BCUT2D eigenvalue weighted by molar-refractivity contribution is 6.00. The van der Waals surface area contributed by atoms with Gasteiger partial charge in [-0.3, -0.25) is 5.32 Å². The summed E-state index contributed by atoms with van der Waals surface area (Å²) in [7, 11) is 1.90.